The van der Waals surface area contributed by atoms with Crippen LogP contribution in [0, 0.1) is 6.92 Å². The topological polar surface area (TPSA) is 44.0 Å². The predicted octanol–water partition coefficient (Wildman–Crippen LogP) is 1.71. The van der Waals surface area contributed by atoms with Gasteiger partial charge in [0.05, 0.1) is 12.2 Å². The van der Waals surface area contributed by atoms with Gasteiger partial charge < -0.3 is 5.32 Å². The van der Waals surface area contributed by atoms with Crippen LogP contribution in [0.3, 0.4) is 0 Å². The monoisotopic (exact) mass is 256 g/mol. The van der Waals surface area contributed by atoms with E-state index in [9.17, 15) is 0 Å². The second-order valence-electron chi connectivity index (χ2n) is 5.13. The van der Waals surface area contributed by atoms with Gasteiger partial charge in [0.2, 0.25) is 0 Å². The van der Waals surface area contributed by atoms with E-state index in [2.05, 4.69) is 51.6 Å². The lowest BCUT2D eigenvalue weighted by molar-refractivity contribution is 0.198. The Morgan fingerprint density at radius 2 is 2.05 bits per heavy atom. The fourth-order valence-corrected chi connectivity index (χ4v) is 2.81. The zero-order chi connectivity index (χ0) is 13.1. The van der Waals surface area contributed by atoms with Gasteiger partial charge in [0.25, 0.3) is 0 Å². The molecular weight excluding hydrogens is 236 g/mol. The Kier molecular flexibility index (Phi) is 3.62. The first-order valence-corrected chi connectivity index (χ1v) is 6.84. The maximum Gasteiger partial charge on any atom is 0.0633 e. The molecule has 0 spiro atoms. The van der Waals surface area contributed by atoms with Crippen LogP contribution in [0.2, 0.25) is 0 Å². The smallest absolute Gasteiger partial charge is 0.0633 e. The van der Waals surface area contributed by atoms with Crippen molar-refractivity contribution in [1.29, 1.82) is 0 Å². The average Bonchev–Trinajstić information content (AvgIpc) is 2.94. The van der Waals surface area contributed by atoms with Crippen LogP contribution in [0.4, 0.5) is 0 Å². The molecule has 2 heterocycles. The lowest BCUT2D eigenvalue weighted by atomic mass is 9.97. The van der Waals surface area contributed by atoms with Gasteiger partial charge in [-0.3, -0.25) is 10.00 Å². The number of aryl methyl sites for hydroxylation is 1. The quantitative estimate of drug-likeness (QED) is 0.878. The number of aromatic nitrogens is 2. The zero-order valence-corrected chi connectivity index (χ0v) is 11.3. The summed E-state index contributed by atoms with van der Waals surface area (Å²) in [4.78, 5) is 2.52. The number of hydrogen-bond acceptors (Lipinski definition) is 3. The number of H-pyrrole nitrogens is 1. The van der Waals surface area contributed by atoms with Crippen LogP contribution >= 0.6 is 0 Å². The summed E-state index contributed by atoms with van der Waals surface area (Å²) < 4.78 is 0. The number of nitrogens with zero attached hydrogens (tertiary/aromatic N) is 2. The molecule has 1 unspecified atom stereocenters. The third-order valence-electron chi connectivity index (χ3n) is 3.71. The second kappa shape index (κ2) is 5.55. The minimum atomic E-state index is 0.306. The second-order valence-corrected chi connectivity index (χ2v) is 5.13. The average molecular weight is 256 g/mol. The fraction of sp³-hybridized carbons (Fsp3) is 0.400. The van der Waals surface area contributed by atoms with Crippen LogP contribution in [0.1, 0.15) is 22.7 Å². The van der Waals surface area contributed by atoms with Gasteiger partial charge in [0.1, 0.15) is 0 Å². The molecule has 100 valence electrons. The minimum absolute atomic E-state index is 0.306. The SMILES string of the molecule is Cc1cccc(C(c2cn[nH]c2)N2CCNCC2)c1. The van der Waals surface area contributed by atoms with Crippen molar-refractivity contribution in [3.63, 3.8) is 0 Å². The molecule has 0 bridgehead atoms. The molecule has 0 aliphatic carbocycles. The first kappa shape index (κ1) is 12.4. The van der Waals surface area contributed by atoms with Gasteiger partial charge in [0, 0.05) is 37.9 Å². The van der Waals surface area contributed by atoms with Crippen molar-refractivity contribution >= 4 is 0 Å². The molecule has 4 nitrogen and oxygen atoms in total. The Bertz CT molecular complexity index is 515. The van der Waals surface area contributed by atoms with Crippen LogP contribution in [0.15, 0.2) is 36.7 Å². The number of benzene rings is 1. The van der Waals surface area contributed by atoms with E-state index in [0.717, 1.165) is 26.2 Å². The largest absolute Gasteiger partial charge is 0.314 e. The molecule has 19 heavy (non-hydrogen) atoms. The van der Waals surface area contributed by atoms with E-state index < -0.39 is 0 Å². The maximum absolute atomic E-state index is 4.12. The number of aromatic amines is 1. The number of piperazine rings is 1. The molecule has 2 aromatic rings. The van der Waals surface area contributed by atoms with Gasteiger partial charge in [-0.05, 0) is 12.5 Å². The Morgan fingerprint density at radius 1 is 1.21 bits per heavy atom. The molecule has 1 aromatic carbocycles. The van der Waals surface area contributed by atoms with Crippen molar-refractivity contribution in [3.8, 4) is 0 Å². The fourth-order valence-electron chi connectivity index (χ4n) is 2.81. The van der Waals surface area contributed by atoms with Crippen molar-refractivity contribution in [1.82, 2.24) is 20.4 Å². The third-order valence-corrected chi connectivity index (χ3v) is 3.71. The van der Waals surface area contributed by atoms with Gasteiger partial charge in [-0.25, -0.2) is 0 Å². The van der Waals surface area contributed by atoms with Gasteiger partial charge in [0.15, 0.2) is 0 Å². The number of rotatable bonds is 3. The van der Waals surface area contributed by atoms with E-state index in [1.807, 2.05) is 12.4 Å². The van der Waals surface area contributed by atoms with Crippen molar-refractivity contribution in [2.75, 3.05) is 26.2 Å². The molecule has 1 fully saturated rings. The van der Waals surface area contributed by atoms with Crippen LogP contribution in [-0.2, 0) is 0 Å². The third kappa shape index (κ3) is 2.69. The van der Waals surface area contributed by atoms with Crippen molar-refractivity contribution < 1.29 is 0 Å². The molecular formula is C15H20N4. The van der Waals surface area contributed by atoms with Gasteiger partial charge in [-0.15, -0.1) is 0 Å². The lowest BCUT2D eigenvalue weighted by Crippen LogP contribution is -2.45. The van der Waals surface area contributed by atoms with E-state index in [1.54, 1.807) is 0 Å². The normalized spacial score (nSPS) is 18.4. The van der Waals surface area contributed by atoms with Gasteiger partial charge in [-0.2, -0.15) is 5.10 Å². The van der Waals surface area contributed by atoms with Crippen LogP contribution in [0.5, 0.6) is 0 Å². The summed E-state index contributed by atoms with van der Waals surface area (Å²) in [5.74, 6) is 0. The summed E-state index contributed by atoms with van der Waals surface area (Å²) in [7, 11) is 0. The summed E-state index contributed by atoms with van der Waals surface area (Å²) in [6.45, 7) is 6.40. The molecule has 0 radical (unpaired) electrons. The van der Waals surface area contributed by atoms with Gasteiger partial charge in [-0.1, -0.05) is 29.8 Å². The summed E-state index contributed by atoms with van der Waals surface area (Å²) >= 11 is 0. The summed E-state index contributed by atoms with van der Waals surface area (Å²) in [6, 6.07) is 9.08. The van der Waals surface area contributed by atoms with E-state index in [1.165, 1.54) is 16.7 Å². The highest BCUT2D eigenvalue weighted by atomic mass is 15.2. The van der Waals surface area contributed by atoms with Crippen LogP contribution in [-0.4, -0.2) is 41.3 Å². The molecule has 1 aliphatic rings. The van der Waals surface area contributed by atoms with Crippen LogP contribution in [0.25, 0.3) is 0 Å². The highest BCUT2D eigenvalue weighted by Crippen LogP contribution is 2.28. The summed E-state index contributed by atoms with van der Waals surface area (Å²) in [5.41, 5.74) is 3.90. The summed E-state index contributed by atoms with van der Waals surface area (Å²) in [6.07, 6.45) is 3.95. The Hall–Kier alpha value is -1.65. The predicted molar refractivity (Wildman–Crippen MR) is 76.1 cm³/mol. The maximum atomic E-state index is 4.12. The molecule has 4 heteroatoms. The number of hydrogen-bond donors (Lipinski definition) is 2. The highest BCUT2D eigenvalue weighted by molar-refractivity contribution is 5.32. The molecule has 3 rings (SSSR count). The Balaban J connectivity index is 1.96. The minimum Gasteiger partial charge on any atom is -0.314 e. The molecule has 0 saturated carbocycles. The standard InChI is InChI=1S/C15H20N4/c1-12-3-2-4-13(9-12)15(14-10-17-18-11-14)19-7-5-16-6-8-19/h2-4,9-11,15-16H,5-8H2,1H3,(H,17,18). The van der Waals surface area contributed by atoms with Crippen LogP contribution < -0.4 is 5.32 Å². The lowest BCUT2D eigenvalue weighted by Gasteiger charge is -2.34. The van der Waals surface area contributed by atoms with E-state index in [-0.39, 0.29) is 0 Å². The highest BCUT2D eigenvalue weighted by Gasteiger charge is 2.24. The van der Waals surface area contributed by atoms with Gasteiger partial charge >= 0.3 is 0 Å². The molecule has 2 N–H and O–H groups in total. The molecule has 1 aliphatic heterocycles. The Morgan fingerprint density at radius 3 is 2.74 bits per heavy atom. The molecule has 0 amide bonds. The number of nitrogens with one attached hydrogen (secondary N) is 2. The summed E-state index contributed by atoms with van der Waals surface area (Å²) in [5, 5.41) is 10.5. The Labute approximate surface area is 113 Å². The first-order valence-electron chi connectivity index (χ1n) is 6.84. The van der Waals surface area contributed by atoms with E-state index in [4.69, 9.17) is 0 Å². The van der Waals surface area contributed by atoms with Crippen molar-refractivity contribution in [2.45, 2.75) is 13.0 Å². The van der Waals surface area contributed by atoms with Crippen molar-refractivity contribution in [3.05, 3.63) is 53.3 Å². The molecule has 1 saturated heterocycles. The zero-order valence-electron chi connectivity index (χ0n) is 11.3. The van der Waals surface area contributed by atoms with E-state index in [0.29, 0.717) is 6.04 Å². The van der Waals surface area contributed by atoms with E-state index >= 15 is 0 Å². The molecule has 1 atom stereocenters. The molecule has 1 aromatic heterocycles. The van der Waals surface area contributed by atoms with Crippen molar-refractivity contribution in [2.24, 2.45) is 0 Å². The first-order chi connectivity index (χ1) is 9.34.